The Kier molecular flexibility index (Phi) is 6.85. The number of aromatic amines is 1. The van der Waals surface area contributed by atoms with E-state index in [1.807, 2.05) is 51.2 Å². The molecule has 2 aromatic rings. The molecule has 1 aliphatic rings. The number of carboxylic acids is 1. The molecule has 1 aliphatic carbocycles. The minimum Gasteiger partial charge on any atom is -0.481 e. The predicted molar refractivity (Wildman–Crippen MR) is 117 cm³/mol. The van der Waals surface area contributed by atoms with Crippen molar-refractivity contribution < 1.29 is 19.4 Å². The van der Waals surface area contributed by atoms with Crippen molar-refractivity contribution >= 4 is 23.0 Å². The Hall–Kier alpha value is -2.76. The van der Waals surface area contributed by atoms with E-state index in [0.717, 1.165) is 29.3 Å². The van der Waals surface area contributed by atoms with Gasteiger partial charge >= 0.3 is 12.1 Å². The van der Waals surface area contributed by atoms with Crippen LogP contribution in [0.4, 0.5) is 4.79 Å². The number of H-pyrrole nitrogens is 1. The highest BCUT2D eigenvalue weighted by molar-refractivity contribution is 5.83. The van der Waals surface area contributed by atoms with E-state index >= 15 is 0 Å². The number of carboxylic acid groups (broad SMARTS) is 1. The molecule has 1 heterocycles. The summed E-state index contributed by atoms with van der Waals surface area (Å²) in [7, 11) is 0. The highest BCUT2D eigenvalue weighted by atomic mass is 16.6. The van der Waals surface area contributed by atoms with Gasteiger partial charge in [-0.05, 0) is 63.5 Å². The van der Waals surface area contributed by atoms with E-state index in [1.165, 1.54) is 0 Å². The van der Waals surface area contributed by atoms with E-state index in [1.54, 1.807) is 4.90 Å². The zero-order valence-electron chi connectivity index (χ0n) is 18.1. The molecule has 1 aromatic heterocycles. The number of hydrogen-bond acceptors (Lipinski definition) is 3. The second-order valence-electron chi connectivity index (χ2n) is 9.10. The molecule has 0 bridgehead atoms. The van der Waals surface area contributed by atoms with Crippen molar-refractivity contribution in [2.24, 2.45) is 11.8 Å². The first kappa shape index (κ1) is 21.9. The lowest BCUT2D eigenvalue weighted by Gasteiger charge is -2.34. The van der Waals surface area contributed by atoms with Crippen LogP contribution in [0.15, 0.2) is 42.6 Å². The van der Waals surface area contributed by atoms with E-state index in [9.17, 15) is 14.7 Å². The van der Waals surface area contributed by atoms with Crippen LogP contribution >= 0.6 is 0 Å². The Morgan fingerprint density at radius 1 is 1.17 bits per heavy atom. The molecule has 0 unspecified atom stereocenters. The quantitative estimate of drug-likeness (QED) is 0.627. The number of carbonyl (C=O) groups is 2. The van der Waals surface area contributed by atoms with Gasteiger partial charge in [0, 0.05) is 36.6 Å². The van der Waals surface area contributed by atoms with Crippen LogP contribution in [-0.4, -0.2) is 45.7 Å². The Balaban J connectivity index is 1.75. The van der Waals surface area contributed by atoms with Gasteiger partial charge in [0.05, 0.1) is 0 Å². The number of amides is 1. The number of nitrogens with zero attached hydrogens (tertiary/aromatic N) is 1. The number of carbonyl (C=O) groups excluding carboxylic acids is 1. The van der Waals surface area contributed by atoms with Crippen LogP contribution in [-0.2, 0) is 16.0 Å². The molecule has 2 atom stereocenters. The van der Waals surface area contributed by atoms with Gasteiger partial charge in [-0.2, -0.15) is 0 Å². The van der Waals surface area contributed by atoms with Crippen molar-refractivity contribution in [1.82, 2.24) is 9.88 Å². The number of hydrogen-bond donors (Lipinski definition) is 2. The number of fused-ring (bicyclic) bond motifs is 1. The van der Waals surface area contributed by atoms with Gasteiger partial charge in [-0.1, -0.05) is 30.4 Å². The molecule has 2 N–H and O–H groups in total. The molecule has 3 rings (SSSR count). The van der Waals surface area contributed by atoms with Crippen LogP contribution < -0.4 is 0 Å². The van der Waals surface area contributed by atoms with E-state index in [0.29, 0.717) is 19.5 Å². The number of aromatic nitrogens is 1. The fourth-order valence-electron chi connectivity index (χ4n) is 4.09. The number of nitrogens with one attached hydrogen (secondary N) is 1. The van der Waals surface area contributed by atoms with E-state index in [-0.39, 0.29) is 24.3 Å². The number of benzene rings is 1. The maximum absolute atomic E-state index is 12.9. The lowest BCUT2D eigenvalue weighted by Crippen LogP contribution is -2.42. The van der Waals surface area contributed by atoms with Crippen molar-refractivity contribution in [1.29, 1.82) is 0 Å². The Morgan fingerprint density at radius 3 is 2.57 bits per heavy atom. The lowest BCUT2D eigenvalue weighted by atomic mass is 9.80. The van der Waals surface area contributed by atoms with Crippen molar-refractivity contribution in [2.45, 2.75) is 52.1 Å². The Labute approximate surface area is 177 Å². The van der Waals surface area contributed by atoms with Crippen LogP contribution in [0.1, 0.15) is 45.6 Å². The first-order valence-corrected chi connectivity index (χ1v) is 10.6. The molecule has 0 radical (unpaired) electrons. The number of para-hydroxylation sites is 1. The molecule has 0 saturated heterocycles. The molecule has 6 nitrogen and oxygen atoms in total. The average molecular weight is 413 g/mol. The van der Waals surface area contributed by atoms with Gasteiger partial charge in [0.1, 0.15) is 5.60 Å². The van der Waals surface area contributed by atoms with Crippen LogP contribution in [0.25, 0.3) is 10.9 Å². The summed E-state index contributed by atoms with van der Waals surface area (Å²) in [6, 6.07) is 8.12. The van der Waals surface area contributed by atoms with Gasteiger partial charge in [0.25, 0.3) is 0 Å². The topological polar surface area (TPSA) is 82.6 Å². The zero-order chi connectivity index (χ0) is 21.7. The monoisotopic (exact) mass is 412 g/mol. The third kappa shape index (κ3) is 5.88. The summed E-state index contributed by atoms with van der Waals surface area (Å²) < 4.78 is 5.66. The van der Waals surface area contributed by atoms with Gasteiger partial charge in [-0.15, -0.1) is 0 Å². The number of rotatable bonds is 7. The first-order chi connectivity index (χ1) is 14.2. The summed E-state index contributed by atoms with van der Waals surface area (Å²) in [5.41, 5.74) is 1.66. The fourth-order valence-corrected chi connectivity index (χ4v) is 4.09. The molecule has 0 aliphatic heterocycles. The summed E-state index contributed by atoms with van der Waals surface area (Å²) in [6.45, 7) is 6.61. The standard InChI is InChI=1S/C24H32N2O4/c1-24(2,3)30-23(29)26(16-19-9-5-4-8-17(19)14-22(27)28)13-12-18-15-25-21-11-7-6-10-20(18)21/h4-7,10-11,15,17,19,25H,8-9,12-14,16H2,1-3H3,(H,27,28)/t17-,19+/m0/s1. The van der Waals surface area contributed by atoms with Gasteiger partial charge in [-0.25, -0.2) is 4.79 Å². The lowest BCUT2D eigenvalue weighted by molar-refractivity contribution is -0.138. The molecule has 162 valence electrons. The van der Waals surface area contributed by atoms with E-state index < -0.39 is 11.6 Å². The molecule has 0 fully saturated rings. The predicted octanol–water partition coefficient (Wildman–Crippen LogP) is 5.00. The van der Waals surface area contributed by atoms with Crippen molar-refractivity contribution in [2.75, 3.05) is 13.1 Å². The molecule has 30 heavy (non-hydrogen) atoms. The second-order valence-corrected chi connectivity index (χ2v) is 9.10. The minimum atomic E-state index is -0.789. The number of aliphatic carboxylic acids is 1. The van der Waals surface area contributed by atoms with Crippen LogP contribution in [0.5, 0.6) is 0 Å². The molecule has 0 saturated carbocycles. The third-order valence-corrected chi connectivity index (χ3v) is 5.58. The molecule has 6 heteroatoms. The number of allylic oxidation sites excluding steroid dienone is 2. The largest absolute Gasteiger partial charge is 0.481 e. The SMILES string of the molecule is CC(C)(C)OC(=O)N(CCc1c[nH]c2ccccc12)C[C@H]1CC=CC[C@H]1CC(=O)O. The zero-order valence-corrected chi connectivity index (χ0v) is 18.1. The van der Waals surface area contributed by atoms with E-state index in [4.69, 9.17) is 4.74 Å². The Bertz CT molecular complexity index is 909. The summed E-state index contributed by atoms with van der Waals surface area (Å²) >= 11 is 0. The summed E-state index contributed by atoms with van der Waals surface area (Å²) in [5, 5.41) is 10.4. The first-order valence-electron chi connectivity index (χ1n) is 10.6. The summed E-state index contributed by atoms with van der Waals surface area (Å²) in [6.07, 6.45) is 8.14. The molecular formula is C24H32N2O4. The Morgan fingerprint density at radius 2 is 1.87 bits per heavy atom. The molecule has 0 spiro atoms. The normalized spacial score (nSPS) is 19.0. The molecular weight excluding hydrogens is 380 g/mol. The van der Waals surface area contributed by atoms with Gasteiger partial charge in [-0.3, -0.25) is 4.79 Å². The summed E-state index contributed by atoms with van der Waals surface area (Å²) in [4.78, 5) is 29.3. The van der Waals surface area contributed by atoms with Gasteiger partial charge in [0.15, 0.2) is 0 Å². The average Bonchev–Trinajstić information content (AvgIpc) is 3.07. The number of ether oxygens (including phenoxy) is 1. The van der Waals surface area contributed by atoms with Crippen LogP contribution in [0.2, 0.25) is 0 Å². The van der Waals surface area contributed by atoms with Gasteiger partial charge < -0.3 is 19.7 Å². The fraction of sp³-hybridized carbons (Fsp3) is 0.500. The minimum absolute atomic E-state index is 0.0329. The molecule has 1 amide bonds. The second kappa shape index (κ2) is 9.37. The van der Waals surface area contributed by atoms with E-state index in [2.05, 4.69) is 17.1 Å². The smallest absolute Gasteiger partial charge is 0.410 e. The van der Waals surface area contributed by atoms with Crippen LogP contribution in [0, 0.1) is 11.8 Å². The third-order valence-electron chi connectivity index (χ3n) is 5.58. The summed E-state index contributed by atoms with van der Waals surface area (Å²) in [5.74, 6) is -0.643. The highest BCUT2D eigenvalue weighted by Gasteiger charge is 2.30. The van der Waals surface area contributed by atoms with Crippen molar-refractivity contribution in [3.05, 3.63) is 48.2 Å². The molecule has 1 aromatic carbocycles. The van der Waals surface area contributed by atoms with Crippen molar-refractivity contribution in [3.63, 3.8) is 0 Å². The van der Waals surface area contributed by atoms with Crippen molar-refractivity contribution in [3.8, 4) is 0 Å². The van der Waals surface area contributed by atoms with Crippen LogP contribution in [0.3, 0.4) is 0 Å². The maximum Gasteiger partial charge on any atom is 0.410 e. The van der Waals surface area contributed by atoms with Gasteiger partial charge in [0.2, 0.25) is 0 Å². The highest BCUT2D eigenvalue weighted by Crippen LogP contribution is 2.30. The maximum atomic E-state index is 12.9.